The van der Waals surface area contributed by atoms with Gasteiger partial charge < -0.3 is 5.73 Å². The lowest BCUT2D eigenvalue weighted by atomic mass is 10.4. The van der Waals surface area contributed by atoms with Crippen molar-refractivity contribution in [3.63, 3.8) is 0 Å². The number of hydrogen-bond acceptors (Lipinski definition) is 1. The van der Waals surface area contributed by atoms with Gasteiger partial charge in [0.2, 0.25) is 0 Å². The molecule has 0 saturated heterocycles. The molecule has 0 bridgehead atoms. The molecule has 1 nitrogen and oxygen atoms in total. The summed E-state index contributed by atoms with van der Waals surface area (Å²) in [4.78, 5) is 0. The van der Waals surface area contributed by atoms with Crippen molar-refractivity contribution in [1.29, 1.82) is 0 Å². The molecule has 0 aromatic carbocycles. The molecule has 0 amide bonds. The van der Waals surface area contributed by atoms with Crippen LogP contribution in [-0.4, -0.2) is 10.9 Å². The Morgan fingerprint density at radius 3 is 2.00 bits per heavy atom. The third-order valence-electron chi connectivity index (χ3n) is 1.16. The minimum atomic E-state index is 0. The van der Waals surface area contributed by atoms with Crippen LogP contribution in [0.25, 0.3) is 0 Å². The molecule has 1 aliphatic rings. The van der Waals surface area contributed by atoms with Gasteiger partial charge in [-0.25, -0.2) is 0 Å². The van der Waals surface area contributed by atoms with E-state index in [4.69, 9.17) is 5.73 Å². The molecule has 7 heavy (non-hydrogen) atoms. The van der Waals surface area contributed by atoms with E-state index in [1.54, 1.807) is 0 Å². The average molecular weight is 231 g/mol. The van der Waals surface area contributed by atoms with Gasteiger partial charge in [0.15, 0.2) is 0 Å². The van der Waals surface area contributed by atoms with Crippen LogP contribution in [0, 0.1) is 0 Å². The summed E-state index contributed by atoms with van der Waals surface area (Å²) in [5.74, 6) is 0. The van der Waals surface area contributed by atoms with Crippen molar-refractivity contribution in [2.75, 3.05) is 5.33 Å². The van der Waals surface area contributed by atoms with Crippen LogP contribution >= 0.6 is 32.9 Å². The molecule has 0 atom stereocenters. The number of halogens is 2. The second kappa shape index (κ2) is 2.46. The molecule has 0 radical (unpaired) electrons. The molecule has 1 rings (SSSR count). The molecule has 0 unspecified atom stereocenters. The van der Waals surface area contributed by atoms with Crippen LogP contribution in [0.3, 0.4) is 0 Å². The number of rotatable bonds is 1. The minimum absolute atomic E-state index is 0. The Labute approximate surface area is 62.5 Å². The van der Waals surface area contributed by atoms with Crippen LogP contribution in [0.5, 0.6) is 0 Å². The summed E-state index contributed by atoms with van der Waals surface area (Å²) >= 11 is 3.31. The van der Waals surface area contributed by atoms with Gasteiger partial charge in [-0.3, -0.25) is 0 Å². The monoisotopic (exact) mass is 229 g/mol. The summed E-state index contributed by atoms with van der Waals surface area (Å²) in [5.41, 5.74) is 5.81. The van der Waals surface area contributed by atoms with Crippen LogP contribution in [0.1, 0.15) is 12.8 Å². The Bertz CT molecular complexity index is 60.7. The molecular weight excluding hydrogens is 222 g/mol. The second-order valence-corrected chi connectivity index (χ2v) is 2.56. The maximum atomic E-state index is 5.60. The Hall–Kier alpha value is 0.920. The third-order valence-corrected chi connectivity index (χ3v) is 2.28. The Kier molecular flexibility index (Phi) is 2.79. The van der Waals surface area contributed by atoms with Crippen molar-refractivity contribution in [1.82, 2.24) is 0 Å². The molecule has 2 N–H and O–H groups in total. The van der Waals surface area contributed by atoms with Gasteiger partial charge in [-0.05, 0) is 12.8 Å². The summed E-state index contributed by atoms with van der Waals surface area (Å²) in [6.07, 6.45) is 2.41. The van der Waals surface area contributed by atoms with E-state index in [-0.39, 0.29) is 22.5 Å². The second-order valence-electron chi connectivity index (χ2n) is 2.00. The standard InChI is InChI=1S/C4H8BrN.BrH/c5-3-4(6)1-2-4;/h1-3,6H2;1H. The summed E-state index contributed by atoms with van der Waals surface area (Å²) in [6, 6.07) is 0. The maximum absolute atomic E-state index is 5.60. The molecule has 0 aliphatic heterocycles. The van der Waals surface area contributed by atoms with Crippen LogP contribution in [-0.2, 0) is 0 Å². The lowest BCUT2D eigenvalue weighted by Crippen LogP contribution is -2.22. The third kappa shape index (κ3) is 2.11. The van der Waals surface area contributed by atoms with E-state index in [0.29, 0.717) is 0 Å². The number of alkyl halides is 1. The fourth-order valence-electron chi connectivity index (χ4n) is 0.294. The van der Waals surface area contributed by atoms with Gasteiger partial charge >= 0.3 is 0 Å². The molecule has 0 spiro atoms. The van der Waals surface area contributed by atoms with Gasteiger partial charge in [0.25, 0.3) is 0 Å². The van der Waals surface area contributed by atoms with Gasteiger partial charge in [-0.15, -0.1) is 17.0 Å². The Morgan fingerprint density at radius 2 is 2.00 bits per heavy atom. The fraction of sp³-hybridized carbons (Fsp3) is 1.00. The average Bonchev–Trinajstić information content (AvgIpc) is 2.22. The minimum Gasteiger partial charge on any atom is -0.324 e. The van der Waals surface area contributed by atoms with Crippen LogP contribution in [0.4, 0.5) is 0 Å². The lowest BCUT2D eigenvalue weighted by Gasteiger charge is -1.96. The summed E-state index contributed by atoms with van der Waals surface area (Å²) in [6.45, 7) is 0. The molecule has 0 aromatic rings. The molecule has 0 heterocycles. The fourth-order valence-corrected chi connectivity index (χ4v) is 0.855. The van der Waals surface area contributed by atoms with E-state index in [9.17, 15) is 0 Å². The first-order valence-electron chi connectivity index (χ1n) is 2.12. The van der Waals surface area contributed by atoms with E-state index in [1.165, 1.54) is 12.8 Å². The smallest absolute Gasteiger partial charge is 0.0253 e. The highest BCUT2D eigenvalue weighted by Crippen LogP contribution is 2.33. The molecule has 1 aliphatic carbocycles. The van der Waals surface area contributed by atoms with E-state index in [0.717, 1.165) is 5.33 Å². The SMILES string of the molecule is Br.NC1(CBr)CC1. The van der Waals surface area contributed by atoms with E-state index in [2.05, 4.69) is 15.9 Å². The first kappa shape index (κ1) is 7.92. The Balaban J connectivity index is 0.000000360. The highest BCUT2D eigenvalue weighted by atomic mass is 79.9. The van der Waals surface area contributed by atoms with Crippen molar-refractivity contribution in [3.05, 3.63) is 0 Å². The van der Waals surface area contributed by atoms with Crippen molar-refractivity contribution in [2.24, 2.45) is 5.73 Å². The van der Waals surface area contributed by atoms with Crippen molar-refractivity contribution in [3.8, 4) is 0 Å². The van der Waals surface area contributed by atoms with Gasteiger partial charge in [-0.2, -0.15) is 0 Å². The molecule has 1 saturated carbocycles. The highest BCUT2D eigenvalue weighted by molar-refractivity contribution is 9.09. The molecule has 44 valence electrons. The largest absolute Gasteiger partial charge is 0.324 e. The predicted molar refractivity (Wildman–Crippen MR) is 40.3 cm³/mol. The first-order chi connectivity index (χ1) is 2.77. The zero-order valence-corrected chi connectivity index (χ0v) is 7.28. The van der Waals surface area contributed by atoms with E-state index in [1.807, 2.05) is 0 Å². The normalized spacial score (nSPS) is 23.1. The van der Waals surface area contributed by atoms with Crippen LogP contribution in [0.2, 0.25) is 0 Å². The van der Waals surface area contributed by atoms with Gasteiger partial charge in [0.05, 0.1) is 0 Å². The zero-order chi connectivity index (χ0) is 4.62. The number of hydrogen-bond donors (Lipinski definition) is 1. The highest BCUT2D eigenvalue weighted by Gasteiger charge is 2.36. The lowest BCUT2D eigenvalue weighted by molar-refractivity contribution is 0.782. The van der Waals surface area contributed by atoms with Gasteiger partial charge in [0.1, 0.15) is 0 Å². The van der Waals surface area contributed by atoms with Gasteiger partial charge in [0, 0.05) is 10.9 Å². The van der Waals surface area contributed by atoms with Crippen LogP contribution in [0.15, 0.2) is 0 Å². The first-order valence-corrected chi connectivity index (χ1v) is 3.24. The zero-order valence-electron chi connectivity index (χ0n) is 3.98. The summed E-state index contributed by atoms with van der Waals surface area (Å²) < 4.78 is 0. The molecule has 1 fully saturated rings. The van der Waals surface area contributed by atoms with Crippen molar-refractivity contribution in [2.45, 2.75) is 18.4 Å². The van der Waals surface area contributed by atoms with E-state index < -0.39 is 0 Å². The molecular formula is C4H9Br2N. The molecule has 0 aromatic heterocycles. The predicted octanol–water partition coefficient (Wildman–Crippen LogP) is 1.45. The topological polar surface area (TPSA) is 26.0 Å². The molecule has 3 heteroatoms. The summed E-state index contributed by atoms with van der Waals surface area (Å²) in [7, 11) is 0. The number of nitrogens with two attached hydrogens (primary N) is 1. The van der Waals surface area contributed by atoms with Crippen molar-refractivity contribution >= 4 is 32.9 Å². The quantitative estimate of drug-likeness (QED) is 0.679. The van der Waals surface area contributed by atoms with Crippen LogP contribution < -0.4 is 5.73 Å². The van der Waals surface area contributed by atoms with E-state index >= 15 is 0 Å². The maximum Gasteiger partial charge on any atom is 0.0253 e. The summed E-state index contributed by atoms with van der Waals surface area (Å²) in [5, 5.41) is 0.972. The Morgan fingerprint density at radius 1 is 1.57 bits per heavy atom. The van der Waals surface area contributed by atoms with Crippen molar-refractivity contribution < 1.29 is 0 Å². The van der Waals surface area contributed by atoms with Gasteiger partial charge in [-0.1, -0.05) is 15.9 Å².